The Labute approximate surface area is 165 Å². The second kappa shape index (κ2) is 6.71. The number of benzene rings is 1. The number of fused-ring (bicyclic) bond motifs is 1. The predicted octanol–water partition coefficient (Wildman–Crippen LogP) is 1.52. The first-order valence-corrected chi connectivity index (χ1v) is 10.3. The number of carbonyl (C=O) groups excluding carboxylic acids is 1. The highest BCUT2D eigenvalue weighted by atomic mass is 16.5. The Bertz CT molecular complexity index is 842. The summed E-state index contributed by atoms with van der Waals surface area (Å²) < 4.78 is 5.24. The van der Waals surface area contributed by atoms with Crippen LogP contribution < -0.4 is 5.32 Å². The van der Waals surface area contributed by atoms with Gasteiger partial charge in [0.15, 0.2) is 0 Å². The van der Waals surface area contributed by atoms with E-state index in [9.17, 15) is 4.79 Å². The Balaban J connectivity index is 1.46. The number of piperidine rings is 2. The summed E-state index contributed by atoms with van der Waals surface area (Å²) in [6.07, 6.45) is 0.336. The third-order valence-electron chi connectivity index (χ3n) is 6.98. The SMILES string of the molecule is Cc1noc(C)c1CC(=O)N[C@@H]1C2CN3CCN(C2)CC1(c1ccccc1)C3. The third kappa shape index (κ3) is 2.86. The molecule has 1 amide bonds. The van der Waals surface area contributed by atoms with Crippen molar-refractivity contribution in [1.82, 2.24) is 20.3 Å². The quantitative estimate of drug-likeness (QED) is 0.871. The van der Waals surface area contributed by atoms with Gasteiger partial charge in [-0.05, 0) is 19.4 Å². The summed E-state index contributed by atoms with van der Waals surface area (Å²) in [5.74, 6) is 1.27. The Kier molecular flexibility index (Phi) is 4.29. The van der Waals surface area contributed by atoms with Crippen molar-refractivity contribution < 1.29 is 9.32 Å². The molecule has 0 spiro atoms. The lowest BCUT2D eigenvalue weighted by Gasteiger charge is -2.55. The highest BCUT2D eigenvalue weighted by molar-refractivity contribution is 5.79. The lowest BCUT2D eigenvalue weighted by molar-refractivity contribution is -0.123. The number of aryl methyl sites for hydroxylation is 2. The van der Waals surface area contributed by atoms with Gasteiger partial charge in [0.1, 0.15) is 5.76 Å². The minimum atomic E-state index is -0.0483. The minimum Gasteiger partial charge on any atom is -0.361 e. The topological polar surface area (TPSA) is 61.6 Å². The number of carbonyl (C=O) groups is 1. The molecule has 1 aromatic heterocycles. The summed E-state index contributed by atoms with van der Waals surface area (Å²) in [6, 6.07) is 11.0. The molecule has 6 nitrogen and oxygen atoms in total. The van der Waals surface area contributed by atoms with Gasteiger partial charge in [-0.15, -0.1) is 0 Å². The number of aromatic nitrogens is 1. The Morgan fingerprint density at radius 3 is 2.46 bits per heavy atom. The van der Waals surface area contributed by atoms with E-state index in [1.54, 1.807) is 0 Å². The summed E-state index contributed by atoms with van der Waals surface area (Å²) >= 11 is 0. The molecule has 2 unspecified atom stereocenters. The van der Waals surface area contributed by atoms with Gasteiger partial charge in [0, 0.05) is 62.2 Å². The normalized spacial score (nSPS) is 33.6. The van der Waals surface area contributed by atoms with Crippen LogP contribution in [0.3, 0.4) is 0 Å². The number of amides is 1. The molecule has 6 rings (SSSR count). The van der Waals surface area contributed by atoms with Crippen LogP contribution in [0.1, 0.15) is 22.6 Å². The molecule has 148 valence electrons. The first-order valence-electron chi connectivity index (χ1n) is 10.3. The van der Waals surface area contributed by atoms with Gasteiger partial charge in [-0.3, -0.25) is 4.79 Å². The number of rotatable bonds is 4. The minimum absolute atomic E-state index is 0.0483. The third-order valence-corrected chi connectivity index (χ3v) is 6.98. The zero-order valence-electron chi connectivity index (χ0n) is 16.6. The van der Waals surface area contributed by atoms with Crippen LogP contribution in [-0.4, -0.2) is 66.2 Å². The first-order chi connectivity index (χ1) is 13.5. The Hall–Kier alpha value is -2.18. The van der Waals surface area contributed by atoms with Crippen molar-refractivity contribution in [2.75, 3.05) is 39.3 Å². The molecule has 0 aliphatic carbocycles. The molecule has 0 saturated carbocycles. The number of nitrogens with zero attached hydrogens (tertiary/aromatic N) is 3. The van der Waals surface area contributed by atoms with E-state index in [-0.39, 0.29) is 17.4 Å². The molecule has 5 heterocycles. The van der Waals surface area contributed by atoms with Crippen LogP contribution in [0.5, 0.6) is 0 Å². The van der Waals surface area contributed by atoms with Crippen LogP contribution in [0.4, 0.5) is 0 Å². The predicted molar refractivity (Wildman–Crippen MR) is 106 cm³/mol. The Morgan fingerprint density at radius 1 is 1.18 bits per heavy atom. The largest absolute Gasteiger partial charge is 0.361 e. The monoisotopic (exact) mass is 380 g/mol. The summed E-state index contributed by atoms with van der Waals surface area (Å²) in [5.41, 5.74) is 3.02. The number of hydrogen-bond acceptors (Lipinski definition) is 5. The molecule has 28 heavy (non-hydrogen) atoms. The fourth-order valence-corrected chi connectivity index (χ4v) is 5.71. The zero-order chi connectivity index (χ0) is 19.3. The van der Waals surface area contributed by atoms with Gasteiger partial charge >= 0.3 is 0 Å². The van der Waals surface area contributed by atoms with Gasteiger partial charge in [0.2, 0.25) is 5.91 Å². The van der Waals surface area contributed by atoms with E-state index in [0.717, 1.165) is 56.3 Å². The van der Waals surface area contributed by atoms with Crippen LogP contribution >= 0.6 is 0 Å². The van der Waals surface area contributed by atoms with Gasteiger partial charge in [0.25, 0.3) is 0 Å². The molecular formula is C22H28N4O2. The molecule has 1 aromatic carbocycles. The molecule has 4 bridgehead atoms. The van der Waals surface area contributed by atoms with Crippen LogP contribution in [-0.2, 0) is 16.6 Å². The maximum atomic E-state index is 13.1. The van der Waals surface area contributed by atoms with E-state index in [1.165, 1.54) is 5.56 Å². The lowest BCUT2D eigenvalue weighted by Crippen LogP contribution is -2.70. The highest BCUT2D eigenvalue weighted by Crippen LogP contribution is 2.43. The second-order valence-electron chi connectivity index (χ2n) is 8.78. The summed E-state index contributed by atoms with van der Waals surface area (Å²) in [5, 5.41) is 7.45. The van der Waals surface area contributed by atoms with E-state index in [1.807, 2.05) is 13.8 Å². The molecular weight excluding hydrogens is 352 g/mol. The molecule has 6 heteroatoms. The van der Waals surface area contributed by atoms with Crippen LogP contribution in [0.15, 0.2) is 34.9 Å². The van der Waals surface area contributed by atoms with E-state index in [4.69, 9.17) is 4.52 Å². The first kappa shape index (κ1) is 17.9. The van der Waals surface area contributed by atoms with Crippen molar-refractivity contribution in [3.05, 3.63) is 52.9 Å². The zero-order valence-corrected chi connectivity index (χ0v) is 16.6. The van der Waals surface area contributed by atoms with Crippen molar-refractivity contribution in [1.29, 1.82) is 0 Å². The van der Waals surface area contributed by atoms with E-state index in [0.29, 0.717) is 12.3 Å². The summed E-state index contributed by atoms with van der Waals surface area (Å²) in [6.45, 7) is 10.2. The fraction of sp³-hybridized carbons (Fsp3) is 0.545. The fourth-order valence-electron chi connectivity index (χ4n) is 5.71. The molecule has 3 atom stereocenters. The summed E-state index contributed by atoms with van der Waals surface area (Å²) in [7, 11) is 0. The van der Waals surface area contributed by atoms with Gasteiger partial charge in [-0.25, -0.2) is 0 Å². The maximum absolute atomic E-state index is 13.1. The number of hydrogen-bond donors (Lipinski definition) is 1. The van der Waals surface area contributed by atoms with Gasteiger partial charge in [0.05, 0.1) is 12.1 Å². The lowest BCUT2D eigenvalue weighted by atomic mass is 9.64. The molecule has 2 aromatic rings. The highest BCUT2D eigenvalue weighted by Gasteiger charge is 2.55. The van der Waals surface area contributed by atoms with E-state index >= 15 is 0 Å². The van der Waals surface area contributed by atoms with Crippen molar-refractivity contribution >= 4 is 5.91 Å². The van der Waals surface area contributed by atoms with E-state index in [2.05, 4.69) is 50.6 Å². The van der Waals surface area contributed by atoms with Gasteiger partial charge < -0.3 is 19.6 Å². The molecule has 0 radical (unpaired) electrons. The average molecular weight is 380 g/mol. The number of nitrogens with one attached hydrogen (secondary N) is 1. The van der Waals surface area contributed by atoms with Gasteiger partial charge in [-0.2, -0.15) is 0 Å². The maximum Gasteiger partial charge on any atom is 0.224 e. The average Bonchev–Trinajstić information content (AvgIpc) is 2.85. The standard InChI is InChI=1S/C22H28N4O2/c1-15-19(16(2)28-24-15)10-20(27)23-21-17-11-25-8-9-26(12-17)14-22(21,13-25)18-6-4-3-5-7-18/h3-7,17,21H,8-14H2,1-2H3,(H,23,27)/t17?,21-,22?/m1/s1. The molecule has 4 fully saturated rings. The van der Waals surface area contributed by atoms with Crippen molar-refractivity contribution in [3.8, 4) is 0 Å². The molecule has 4 aliphatic heterocycles. The summed E-state index contributed by atoms with van der Waals surface area (Å²) in [4.78, 5) is 18.3. The van der Waals surface area contributed by atoms with Crippen LogP contribution in [0.2, 0.25) is 0 Å². The molecule has 1 N–H and O–H groups in total. The van der Waals surface area contributed by atoms with Crippen LogP contribution in [0.25, 0.3) is 0 Å². The second-order valence-corrected chi connectivity index (χ2v) is 8.78. The smallest absolute Gasteiger partial charge is 0.224 e. The van der Waals surface area contributed by atoms with Gasteiger partial charge in [-0.1, -0.05) is 35.5 Å². The van der Waals surface area contributed by atoms with Crippen molar-refractivity contribution in [2.45, 2.75) is 31.7 Å². The molecule has 4 aliphatic rings. The Morgan fingerprint density at radius 2 is 1.86 bits per heavy atom. The molecule has 4 saturated heterocycles. The van der Waals surface area contributed by atoms with Crippen LogP contribution in [0, 0.1) is 19.8 Å². The van der Waals surface area contributed by atoms with E-state index < -0.39 is 0 Å². The van der Waals surface area contributed by atoms with Crippen molar-refractivity contribution in [2.24, 2.45) is 5.92 Å². The van der Waals surface area contributed by atoms with Crippen molar-refractivity contribution in [3.63, 3.8) is 0 Å².